The first-order chi connectivity index (χ1) is 17.5. The third kappa shape index (κ3) is 5.63. The first kappa shape index (κ1) is 24.9. The minimum absolute atomic E-state index is 0.239. The summed E-state index contributed by atoms with van der Waals surface area (Å²) in [5.74, 6) is 0.498. The average Bonchev–Trinajstić information content (AvgIpc) is 3.25. The Morgan fingerprint density at radius 3 is 2.14 bits per heavy atom. The Balaban J connectivity index is 1.34. The van der Waals surface area contributed by atoms with E-state index in [0.717, 1.165) is 40.3 Å². The Morgan fingerprint density at radius 2 is 1.44 bits per heavy atom. The number of hydrogen-bond donors (Lipinski definition) is 0. The molecule has 0 fully saturated rings. The quantitative estimate of drug-likeness (QED) is 0.115. The summed E-state index contributed by atoms with van der Waals surface area (Å²) in [6.45, 7) is 0.444. The van der Waals surface area contributed by atoms with E-state index < -0.39 is 5.97 Å². The summed E-state index contributed by atoms with van der Waals surface area (Å²) in [7, 11) is 0. The van der Waals surface area contributed by atoms with Gasteiger partial charge in [0.15, 0.2) is 5.70 Å². The largest absolute Gasteiger partial charge is 0.486 e. The molecule has 0 saturated heterocycles. The van der Waals surface area contributed by atoms with Gasteiger partial charge in [0.1, 0.15) is 12.4 Å². The van der Waals surface area contributed by atoms with Crippen molar-refractivity contribution in [3.8, 4) is 16.9 Å². The number of rotatable bonds is 6. The van der Waals surface area contributed by atoms with Crippen LogP contribution in [0.2, 0.25) is 0 Å². The molecule has 0 saturated carbocycles. The van der Waals surface area contributed by atoms with Gasteiger partial charge >= 0.3 is 5.97 Å². The summed E-state index contributed by atoms with van der Waals surface area (Å²) in [4.78, 5) is 17.0. The molecule has 4 nitrogen and oxygen atoms in total. The first-order valence-corrected chi connectivity index (χ1v) is 13.7. The number of carbonyl (C=O) groups excluding carboxylic acids is 1. The molecular formula is C29H18Br2INO3. The van der Waals surface area contributed by atoms with Crippen LogP contribution in [-0.2, 0) is 16.1 Å². The Hall–Kier alpha value is -2.75. The molecule has 0 radical (unpaired) electrons. The molecule has 0 bridgehead atoms. The predicted octanol–water partition coefficient (Wildman–Crippen LogP) is 8.41. The maximum Gasteiger partial charge on any atom is 0.363 e. The predicted molar refractivity (Wildman–Crippen MR) is 158 cm³/mol. The van der Waals surface area contributed by atoms with Gasteiger partial charge in [-0.15, -0.1) is 0 Å². The molecule has 0 unspecified atom stereocenters. The Kier molecular flexibility index (Phi) is 7.69. The van der Waals surface area contributed by atoms with E-state index in [-0.39, 0.29) is 5.70 Å². The fourth-order valence-corrected chi connectivity index (χ4v) is 5.69. The minimum atomic E-state index is -0.483. The van der Waals surface area contributed by atoms with Crippen LogP contribution < -0.4 is 4.74 Å². The van der Waals surface area contributed by atoms with Gasteiger partial charge in [-0.2, -0.15) is 0 Å². The van der Waals surface area contributed by atoms with Crippen molar-refractivity contribution in [1.82, 2.24) is 0 Å². The van der Waals surface area contributed by atoms with Gasteiger partial charge in [-0.25, -0.2) is 9.79 Å². The van der Waals surface area contributed by atoms with Crippen molar-refractivity contribution < 1.29 is 14.3 Å². The van der Waals surface area contributed by atoms with Crippen molar-refractivity contribution in [3.05, 3.63) is 126 Å². The third-order valence-electron chi connectivity index (χ3n) is 5.51. The van der Waals surface area contributed by atoms with Crippen molar-refractivity contribution in [2.45, 2.75) is 6.61 Å². The van der Waals surface area contributed by atoms with E-state index in [9.17, 15) is 4.79 Å². The van der Waals surface area contributed by atoms with Crippen LogP contribution in [0.5, 0.6) is 5.75 Å². The zero-order valence-electron chi connectivity index (χ0n) is 18.8. The number of ether oxygens (including phenoxy) is 2. The lowest BCUT2D eigenvalue weighted by Crippen LogP contribution is -2.05. The number of cyclic esters (lactones) is 1. The van der Waals surface area contributed by atoms with Crippen LogP contribution in [0, 0.1) is 3.57 Å². The zero-order valence-corrected chi connectivity index (χ0v) is 24.1. The molecule has 0 aliphatic carbocycles. The van der Waals surface area contributed by atoms with Crippen LogP contribution in [0.25, 0.3) is 17.2 Å². The highest BCUT2D eigenvalue weighted by Crippen LogP contribution is 2.36. The number of halogens is 3. The Labute approximate surface area is 239 Å². The highest BCUT2D eigenvalue weighted by molar-refractivity contribution is 14.1. The van der Waals surface area contributed by atoms with Crippen molar-refractivity contribution in [2.24, 2.45) is 4.99 Å². The van der Waals surface area contributed by atoms with Crippen molar-refractivity contribution in [3.63, 3.8) is 0 Å². The molecule has 1 heterocycles. The summed E-state index contributed by atoms with van der Waals surface area (Å²) in [6.07, 6.45) is 1.70. The molecule has 0 N–H and O–H groups in total. The molecular weight excluding hydrogens is 697 g/mol. The van der Waals surface area contributed by atoms with E-state index in [0.29, 0.717) is 18.3 Å². The van der Waals surface area contributed by atoms with Gasteiger partial charge in [0.2, 0.25) is 5.90 Å². The molecule has 0 amide bonds. The van der Waals surface area contributed by atoms with E-state index in [1.807, 2.05) is 78.9 Å². The van der Waals surface area contributed by atoms with E-state index >= 15 is 0 Å². The maximum absolute atomic E-state index is 12.5. The first-order valence-electron chi connectivity index (χ1n) is 11.0. The lowest BCUT2D eigenvalue weighted by Gasteiger charge is -2.12. The van der Waals surface area contributed by atoms with Crippen molar-refractivity contribution in [1.29, 1.82) is 0 Å². The minimum Gasteiger partial charge on any atom is -0.486 e. The third-order valence-corrected chi connectivity index (χ3v) is 7.74. The standard InChI is InChI=1S/C29H18Br2INO3/c30-23-14-18(15-24(31)27(23)35-17-22-8-4-5-9-25(22)32)16-26-29(34)36-28(33-26)21-12-10-20(11-13-21)19-6-2-1-3-7-19/h1-16H,17H2/b26-16-. The lowest BCUT2D eigenvalue weighted by atomic mass is 10.0. The zero-order chi connectivity index (χ0) is 25.1. The summed E-state index contributed by atoms with van der Waals surface area (Å²) in [6, 6.07) is 29.8. The van der Waals surface area contributed by atoms with Crippen LogP contribution in [0.3, 0.4) is 0 Å². The van der Waals surface area contributed by atoms with E-state index in [1.165, 1.54) is 0 Å². The molecule has 0 spiro atoms. The van der Waals surface area contributed by atoms with Gasteiger partial charge in [0, 0.05) is 14.7 Å². The molecule has 1 aliphatic heterocycles. The number of esters is 1. The summed E-state index contributed by atoms with van der Waals surface area (Å²) in [5, 5.41) is 0. The van der Waals surface area contributed by atoms with E-state index in [4.69, 9.17) is 9.47 Å². The number of aliphatic imine (C=N–C) groups is 1. The second-order valence-electron chi connectivity index (χ2n) is 7.97. The number of hydrogen-bond acceptors (Lipinski definition) is 4. The highest BCUT2D eigenvalue weighted by atomic mass is 127. The van der Waals surface area contributed by atoms with Gasteiger partial charge < -0.3 is 9.47 Å². The molecule has 4 aromatic rings. The van der Waals surface area contributed by atoms with Crippen LogP contribution >= 0.6 is 54.5 Å². The van der Waals surface area contributed by atoms with Crippen LogP contribution in [0.15, 0.2) is 111 Å². The number of carbonyl (C=O) groups is 1. The fraction of sp³-hybridized carbons (Fsp3) is 0.0345. The fourth-order valence-electron chi connectivity index (χ4n) is 3.69. The second-order valence-corrected chi connectivity index (χ2v) is 10.8. The summed E-state index contributed by atoms with van der Waals surface area (Å²) in [5.41, 5.74) is 5.08. The van der Waals surface area contributed by atoms with Crippen LogP contribution in [0.4, 0.5) is 0 Å². The molecule has 7 heteroatoms. The van der Waals surface area contributed by atoms with Gasteiger partial charge in [-0.3, -0.25) is 0 Å². The van der Waals surface area contributed by atoms with E-state index in [2.05, 4.69) is 71.6 Å². The SMILES string of the molecule is O=C1OC(c2ccc(-c3ccccc3)cc2)=N/C1=C\c1cc(Br)c(OCc2ccccc2I)c(Br)c1. The average molecular weight is 715 g/mol. The molecule has 0 aromatic heterocycles. The molecule has 5 rings (SSSR count). The molecule has 4 aromatic carbocycles. The van der Waals surface area contributed by atoms with Gasteiger partial charge in [0.25, 0.3) is 0 Å². The summed E-state index contributed by atoms with van der Waals surface area (Å²) >= 11 is 9.48. The van der Waals surface area contributed by atoms with Crippen LogP contribution in [0.1, 0.15) is 16.7 Å². The van der Waals surface area contributed by atoms with Gasteiger partial charge in [0.05, 0.1) is 8.95 Å². The van der Waals surface area contributed by atoms with Crippen molar-refractivity contribution >= 4 is 72.4 Å². The molecule has 0 atom stereocenters. The number of nitrogens with zero attached hydrogens (tertiary/aromatic N) is 1. The molecule has 178 valence electrons. The van der Waals surface area contributed by atoms with E-state index in [1.54, 1.807) is 6.08 Å². The lowest BCUT2D eigenvalue weighted by molar-refractivity contribution is -0.129. The Bertz CT molecular complexity index is 1480. The van der Waals surface area contributed by atoms with Crippen LogP contribution in [-0.4, -0.2) is 11.9 Å². The smallest absolute Gasteiger partial charge is 0.363 e. The second kappa shape index (κ2) is 11.1. The topological polar surface area (TPSA) is 47.9 Å². The summed E-state index contributed by atoms with van der Waals surface area (Å²) < 4.78 is 14.2. The monoisotopic (exact) mass is 713 g/mol. The van der Waals surface area contributed by atoms with Gasteiger partial charge in [-0.1, -0.05) is 60.7 Å². The molecule has 1 aliphatic rings. The normalized spacial score (nSPS) is 14.0. The number of benzene rings is 4. The highest BCUT2D eigenvalue weighted by Gasteiger charge is 2.24. The maximum atomic E-state index is 12.5. The Morgan fingerprint density at radius 1 is 0.833 bits per heavy atom. The molecule has 36 heavy (non-hydrogen) atoms. The van der Waals surface area contributed by atoms with Crippen molar-refractivity contribution in [2.75, 3.05) is 0 Å². The van der Waals surface area contributed by atoms with Gasteiger partial charge in [-0.05, 0) is 108 Å².